The number of pyridine rings is 1. The van der Waals surface area contributed by atoms with Crippen LogP contribution in [-0.4, -0.2) is 22.6 Å². The van der Waals surface area contributed by atoms with Crippen molar-refractivity contribution in [1.29, 1.82) is 0 Å². The average Bonchev–Trinajstić information content (AvgIpc) is 3.22. The predicted octanol–water partition coefficient (Wildman–Crippen LogP) is 3.37. The van der Waals surface area contributed by atoms with Gasteiger partial charge in [-0.1, -0.05) is 11.6 Å². The second kappa shape index (κ2) is 6.73. The fraction of sp³-hybridized carbons (Fsp3) is 0.467. The van der Waals surface area contributed by atoms with Crippen LogP contribution >= 0.6 is 22.9 Å². The molecule has 0 spiro atoms. The van der Waals surface area contributed by atoms with Crippen molar-refractivity contribution in [2.24, 2.45) is 0 Å². The van der Waals surface area contributed by atoms with Gasteiger partial charge in [0.25, 0.3) is 0 Å². The number of nitrogens with zero attached hydrogens (tertiary/aromatic N) is 2. The molecule has 0 amide bonds. The molecule has 2 aromatic rings. The second-order valence-corrected chi connectivity index (χ2v) is 6.54. The normalized spacial score (nSPS) is 14.4. The molecule has 1 aliphatic rings. The van der Waals surface area contributed by atoms with Crippen LogP contribution in [-0.2, 0) is 13.0 Å². The van der Waals surface area contributed by atoms with Gasteiger partial charge in [0.15, 0.2) is 0 Å². The lowest BCUT2D eigenvalue weighted by molar-refractivity contribution is 0.309. The first-order valence-electron chi connectivity index (χ1n) is 7.13. The number of ether oxygens (including phenoxy) is 1. The van der Waals surface area contributed by atoms with E-state index in [0.29, 0.717) is 30.1 Å². The van der Waals surface area contributed by atoms with Crippen molar-refractivity contribution >= 4 is 22.9 Å². The summed E-state index contributed by atoms with van der Waals surface area (Å²) in [5, 5.41) is 4.11. The number of nitrogens with one attached hydrogen (secondary N) is 1. The van der Waals surface area contributed by atoms with Crippen molar-refractivity contribution in [3.63, 3.8) is 0 Å². The van der Waals surface area contributed by atoms with Crippen LogP contribution in [0.5, 0.6) is 5.88 Å². The minimum atomic E-state index is 0.604. The van der Waals surface area contributed by atoms with Gasteiger partial charge >= 0.3 is 0 Å². The summed E-state index contributed by atoms with van der Waals surface area (Å²) >= 11 is 7.84. The van der Waals surface area contributed by atoms with Crippen LogP contribution in [0.2, 0.25) is 5.02 Å². The summed E-state index contributed by atoms with van der Waals surface area (Å²) in [5.74, 6) is 0.633. The Bertz CT molecular complexity index is 613. The van der Waals surface area contributed by atoms with Crippen LogP contribution in [0.3, 0.4) is 0 Å². The molecule has 0 atom stereocenters. The molecule has 1 fully saturated rings. The molecule has 0 saturated heterocycles. The molecular formula is C15H18ClN3OS. The summed E-state index contributed by atoms with van der Waals surface area (Å²) in [5.41, 5.74) is 3.81. The first-order chi connectivity index (χ1) is 10.2. The zero-order chi connectivity index (χ0) is 14.7. The van der Waals surface area contributed by atoms with Crippen molar-refractivity contribution < 1.29 is 4.74 Å². The van der Waals surface area contributed by atoms with Gasteiger partial charge in [0.2, 0.25) is 5.88 Å². The summed E-state index contributed by atoms with van der Waals surface area (Å²) in [7, 11) is 0. The lowest BCUT2D eigenvalue weighted by atomic mass is 10.3. The lowest BCUT2D eigenvalue weighted by Crippen LogP contribution is -2.17. The van der Waals surface area contributed by atoms with E-state index in [4.69, 9.17) is 16.3 Å². The Morgan fingerprint density at radius 3 is 3.00 bits per heavy atom. The van der Waals surface area contributed by atoms with E-state index in [9.17, 15) is 0 Å². The van der Waals surface area contributed by atoms with Gasteiger partial charge < -0.3 is 10.1 Å². The Morgan fingerprint density at radius 1 is 1.43 bits per heavy atom. The molecule has 1 N–H and O–H groups in total. The van der Waals surface area contributed by atoms with Gasteiger partial charge in [0.05, 0.1) is 28.5 Å². The average molecular weight is 324 g/mol. The Hall–Kier alpha value is -1.17. The summed E-state index contributed by atoms with van der Waals surface area (Å²) in [4.78, 5) is 9.98. The molecule has 0 unspecified atom stereocenters. The van der Waals surface area contributed by atoms with Gasteiger partial charge in [0.1, 0.15) is 0 Å². The van der Waals surface area contributed by atoms with E-state index in [1.54, 1.807) is 11.3 Å². The maximum absolute atomic E-state index is 6.17. The molecule has 112 valence electrons. The van der Waals surface area contributed by atoms with Crippen LogP contribution < -0.4 is 10.1 Å². The number of hydrogen-bond donors (Lipinski definition) is 1. The van der Waals surface area contributed by atoms with E-state index in [2.05, 4.69) is 15.3 Å². The monoisotopic (exact) mass is 323 g/mol. The largest absolute Gasteiger partial charge is 0.477 e. The molecule has 1 saturated carbocycles. The fourth-order valence-electron chi connectivity index (χ4n) is 2.01. The molecule has 1 aliphatic carbocycles. The topological polar surface area (TPSA) is 47.0 Å². The van der Waals surface area contributed by atoms with E-state index in [1.165, 1.54) is 17.7 Å². The van der Waals surface area contributed by atoms with Crippen molar-refractivity contribution in [3.05, 3.63) is 38.9 Å². The van der Waals surface area contributed by atoms with Crippen molar-refractivity contribution in [1.82, 2.24) is 15.3 Å². The fourth-order valence-corrected chi connectivity index (χ4v) is 2.95. The van der Waals surface area contributed by atoms with Crippen LogP contribution in [0.25, 0.3) is 0 Å². The molecule has 3 rings (SSSR count). The third-order valence-corrected chi connectivity index (χ3v) is 4.79. The van der Waals surface area contributed by atoms with Gasteiger partial charge in [0, 0.05) is 30.0 Å². The molecule has 0 aliphatic heterocycles. The number of halogens is 1. The summed E-state index contributed by atoms with van der Waals surface area (Å²) in [6, 6.07) is 4.32. The minimum absolute atomic E-state index is 0.604. The van der Waals surface area contributed by atoms with Gasteiger partial charge in [-0.3, -0.25) is 0 Å². The number of thiazole rings is 1. The molecule has 0 bridgehead atoms. The lowest BCUT2D eigenvalue weighted by Gasteiger charge is -2.09. The van der Waals surface area contributed by atoms with E-state index in [1.807, 2.05) is 24.6 Å². The Kier molecular flexibility index (Phi) is 4.73. The molecule has 21 heavy (non-hydrogen) atoms. The molecule has 0 aromatic carbocycles. The van der Waals surface area contributed by atoms with Crippen LogP contribution in [0.4, 0.5) is 0 Å². The number of aryl methyl sites for hydroxylation is 1. The van der Waals surface area contributed by atoms with Gasteiger partial charge in [-0.15, -0.1) is 11.3 Å². The Morgan fingerprint density at radius 2 is 2.29 bits per heavy atom. The molecule has 2 heterocycles. The third-order valence-electron chi connectivity index (χ3n) is 3.45. The van der Waals surface area contributed by atoms with Crippen molar-refractivity contribution in [2.75, 3.05) is 6.61 Å². The highest BCUT2D eigenvalue weighted by Crippen LogP contribution is 2.22. The zero-order valence-corrected chi connectivity index (χ0v) is 13.5. The number of hydrogen-bond acceptors (Lipinski definition) is 5. The van der Waals surface area contributed by atoms with Crippen molar-refractivity contribution in [3.8, 4) is 5.88 Å². The second-order valence-electron chi connectivity index (χ2n) is 5.19. The zero-order valence-electron chi connectivity index (χ0n) is 11.9. The summed E-state index contributed by atoms with van der Waals surface area (Å²) in [6.45, 7) is 3.33. The Balaban J connectivity index is 1.54. The SMILES string of the molecule is Cc1ncsc1CCOc1ccc(Cl)c(CNC2CC2)n1. The first kappa shape index (κ1) is 14.8. The van der Waals surface area contributed by atoms with Gasteiger partial charge in [-0.25, -0.2) is 9.97 Å². The van der Waals surface area contributed by atoms with E-state index in [-0.39, 0.29) is 0 Å². The molecule has 4 nitrogen and oxygen atoms in total. The maximum Gasteiger partial charge on any atom is 0.213 e. The first-order valence-corrected chi connectivity index (χ1v) is 8.38. The highest BCUT2D eigenvalue weighted by molar-refractivity contribution is 7.09. The van der Waals surface area contributed by atoms with Crippen molar-refractivity contribution in [2.45, 2.75) is 38.8 Å². The van der Waals surface area contributed by atoms with E-state index in [0.717, 1.165) is 17.8 Å². The Labute approximate surface area is 133 Å². The highest BCUT2D eigenvalue weighted by atomic mass is 35.5. The standard InChI is InChI=1S/C15H18ClN3OS/c1-10-14(21-9-18-10)6-7-20-15-5-4-12(16)13(19-15)8-17-11-2-3-11/h4-5,9,11,17H,2-3,6-8H2,1H3. The van der Waals surface area contributed by atoms with E-state index < -0.39 is 0 Å². The molecule has 0 radical (unpaired) electrons. The van der Waals surface area contributed by atoms with Gasteiger partial charge in [-0.05, 0) is 25.8 Å². The third kappa shape index (κ3) is 4.15. The summed E-state index contributed by atoms with van der Waals surface area (Å²) in [6.07, 6.45) is 3.36. The predicted molar refractivity (Wildman–Crippen MR) is 85.2 cm³/mol. The number of aromatic nitrogens is 2. The molecule has 2 aromatic heterocycles. The van der Waals surface area contributed by atoms with Crippen LogP contribution in [0.15, 0.2) is 17.6 Å². The highest BCUT2D eigenvalue weighted by Gasteiger charge is 2.20. The van der Waals surface area contributed by atoms with Crippen LogP contribution in [0, 0.1) is 6.92 Å². The van der Waals surface area contributed by atoms with Crippen LogP contribution in [0.1, 0.15) is 29.1 Å². The quantitative estimate of drug-likeness (QED) is 0.848. The smallest absolute Gasteiger partial charge is 0.213 e. The maximum atomic E-state index is 6.17. The summed E-state index contributed by atoms with van der Waals surface area (Å²) < 4.78 is 5.73. The van der Waals surface area contributed by atoms with Gasteiger partial charge in [-0.2, -0.15) is 0 Å². The number of rotatable bonds is 7. The minimum Gasteiger partial charge on any atom is -0.477 e. The van der Waals surface area contributed by atoms with E-state index >= 15 is 0 Å². The molecule has 6 heteroatoms. The molecular weight excluding hydrogens is 306 g/mol.